The van der Waals surface area contributed by atoms with E-state index in [2.05, 4.69) is 6.08 Å². The van der Waals surface area contributed by atoms with Crippen LogP contribution >= 0.6 is 0 Å². The van der Waals surface area contributed by atoms with Gasteiger partial charge in [-0.2, -0.15) is 0 Å². The molecule has 1 saturated heterocycles. The highest BCUT2D eigenvalue weighted by Crippen LogP contribution is 2.30. The fourth-order valence-electron chi connectivity index (χ4n) is 1.94. The molecule has 2 rings (SSSR count). The van der Waals surface area contributed by atoms with Crippen LogP contribution < -0.4 is 5.73 Å². The van der Waals surface area contributed by atoms with E-state index in [4.69, 9.17) is 10.5 Å². The third-order valence-corrected chi connectivity index (χ3v) is 3.05. The van der Waals surface area contributed by atoms with Gasteiger partial charge in [0.25, 0.3) is 0 Å². The Bertz CT molecular complexity index is 279. The summed E-state index contributed by atoms with van der Waals surface area (Å²) < 4.78 is 5.09. The maximum atomic E-state index is 11.7. The zero-order valence-corrected chi connectivity index (χ0v) is 9.58. The van der Waals surface area contributed by atoms with Gasteiger partial charge in [0.2, 0.25) is 0 Å². The van der Waals surface area contributed by atoms with Gasteiger partial charge in [-0.05, 0) is 32.6 Å². The minimum absolute atomic E-state index is 0. The molecule has 0 aromatic rings. The maximum absolute atomic E-state index is 11.7. The zero-order valence-electron chi connectivity index (χ0n) is 9.58. The predicted molar refractivity (Wildman–Crippen MR) is 60.3 cm³/mol. The smallest absolute Gasteiger partial charge is 0.183 e. The highest BCUT2D eigenvalue weighted by molar-refractivity contribution is 5.93. The molecule has 1 aliphatic carbocycles. The molecule has 86 valence electrons. The number of rotatable bonds is 4. The number of nitrogens with two attached hydrogens (primary N) is 1. The van der Waals surface area contributed by atoms with E-state index in [1.165, 1.54) is 12.0 Å². The maximum Gasteiger partial charge on any atom is 0.183 e. The molecule has 3 heteroatoms. The summed E-state index contributed by atoms with van der Waals surface area (Å²) in [6.07, 6.45) is 6.40. The number of ketones is 1. The van der Waals surface area contributed by atoms with Crippen LogP contribution in [0.5, 0.6) is 0 Å². The summed E-state index contributed by atoms with van der Waals surface area (Å²) in [4.78, 5) is 11.7. The first-order valence-corrected chi connectivity index (χ1v) is 5.23. The second kappa shape index (κ2) is 4.45. The summed E-state index contributed by atoms with van der Waals surface area (Å²) in [6, 6.07) is -0.369. The van der Waals surface area contributed by atoms with Gasteiger partial charge in [0.15, 0.2) is 5.78 Å². The summed E-state index contributed by atoms with van der Waals surface area (Å²) in [5.41, 5.74) is 6.64. The second-order valence-electron chi connectivity index (χ2n) is 4.45. The number of ether oxygens (including phenoxy) is 1. The topological polar surface area (TPSA) is 55.6 Å². The third-order valence-electron chi connectivity index (χ3n) is 3.05. The largest absolute Gasteiger partial charge is 0.362 e. The van der Waals surface area contributed by atoms with Crippen molar-refractivity contribution in [1.82, 2.24) is 0 Å². The molecule has 0 radical (unpaired) electrons. The van der Waals surface area contributed by atoms with Crippen LogP contribution in [-0.4, -0.2) is 24.0 Å². The van der Waals surface area contributed by atoms with Gasteiger partial charge in [-0.25, -0.2) is 0 Å². The quantitative estimate of drug-likeness (QED) is 0.436. The van der Waals surface area contributed by atoms with Crippen LogP contribution in [0.3, 0.4) is 0 Å². The Balaban J connectivity index is 0.00000112. The van der Waals surface area contributed by atoms with E-state index < -0.39 is 5.60 Å². The minimum atomic E-state index is -0.557. The Morgan fingerprint density at radius 3 is 2.87 bits per heavy atom. The lowest BCUT2D eigenvalue weighted by Gasteiger charge is -2.13. The van der Waals surface area contributed by atoms with E-state index in [0.29, 0.717) is 6.61 Å². The van der Waals surface area contributed by atoms with Gasteiger partial charge >= 0.3 is 0 Å². The average molecular weight is 210 g/mol. The summed E-state index contributed by atoms with van der Waals surface area (Å²) in [5.74, 6) is 0.0605. The van der Waals surface area contributed by atoms with Gasteiger partial charge in [0.1, 0.15) is 5.60 Å². The van der Waals surface area contributed by atoms with Crippen molar-refractivity contribution in [2.24, 2.45) is 5.73 Å². The van der Waals surface area contributed by atoms with Crippen molar-refractivity contribution in [3.8, 4) is 0 Å². The Morgan fingerprint density at radius 1 is 1.73 bits per heavy atom. The van der Waals surface area contributed by atoms with E-state index in [0.717, 1.165) is 19.3 Å². The van der Waals surface area contributed by atoms with Gasteiger partial charge < -0.3 is 17.9 Å². The van der Waals surface area contributed by atoms with Crippen molar-refractivity contribution in [2.75, 3.05) is 6.61 Å². The Kier molecular flexibility index (Phi) is 3.68. The van der Waals surface area contributed by atoms with Crippen LogP contribution in [0.25, 0.3) is 0 Å². The van der Waals surface area contributed by atoms with Crippen molar-refractivity contribution in [3.63, 3.8) is 0 Å². The van der Waals surface area contributed by atoms with Crippen LogP contribution in [0.1, 0.15) is 32.6 Å². The van der Waals surface area contributed by atoms with Crippen molar-refractivity contribution in [2.45, 2.75) is 44.2 Å². The SMILES string of the molecule is C[C@]1(C(=O)[C@@H](N)CC2=CCCC2)CO1.[CH3-]. The van der Waals surface area contributed by atoms with Crippen LogP contribution in [0, 0.1) is 7.43 Å². The molecule has 0 saturated carbocycles. The molecular weight excluding hydrogens is 190 g/mol. The Morgan fingerprint density at radius 2 is 2.40 bits per heavy atom. The summed E-state index contributed by atoms with van der Waals surface area (Å²) in [7, 11) is 0. The van der Waals surface area contributed by atoms with E-state index in [1.54, 1.807) is 0 Å². The Hall–Kier alpha value is -0.670. The second-order valence-corrected chi connectivity index (χ2v) is 4.45. The summed E-state index contributed by atoms with van der Waals surface area (Å²) >= 11 is 0. The molecule has 0 unspecified atom stereocenters. The summed E-state index contributed by atoms with van der Waals surface area (Å²) in [5, 5.41) is 0. The lowest BCUT2D eigenvalue weighted by Crippen LogP contribution is -2.39. The molecule has 1 aliphatic heterocycles. The zero-order chi connectivity index (χ0) is 10.2. The van der Waals surface area contributed by atoms with Crippen molar-refractivity contribution in [1.29, 1.82) is 0 Å². The molecule has 0 aromatic heterocycles. The van der Waals surface area contributed by atoms with Crippen LogP contribution in [0.15, 0.2) is 11.6 Å². The first-order valence-electron chi connectivity index (χ1n) is 5.23. The van der Waals surface area contributed by atoms with Crippen molar-refractivity contribution >= 4 is 5.78 Å². The lowest BCUT2D eigenvalue weighted by atomic mass is 9.95. The van der Waals surface area contributed by atoms with Gasteiger partial charge in [-0.3, -0.25) is 4.79 Å². The third kappa shape index (κ3) is 2.67. The van der Waals surface area contributed by atoms with E-state index in [1.807, 2.05) is 6.92 Å². The first-order chi connectivity index (χ1) is 6.62. The number of Topliss-reactive ketones (excluding diaryl/α,β-unsaturated/α-hetero) is 1. The predicted octanol–water partition coefficient (Wildman–Crippen LogP) is 1.62. The highest BCUT2D eigenvalue weighted by atomic mass is 16.6. The molecule has 1 heterocycles. The fraction of sp³-hybridized carbons (Fsp3) is 0.667. The normalized spacial score (nSPS) is 30.4. The van der Waals surface area contributed by atoms with Crippen LogP contribution in [0.4, 0.5) is 0 Å². The van der Waals surface area contributed by atoms with Gasteiger partial charge in [0.05, 0.1) is 12.6 Å². The number of hydrogen-bond acceptors (Lipinski definition) is 3. The molecule has 15 heavy (non-hydrogen) atoms. The van der Waals surface area contributed by atoms with Gasteiger partial charge in [-0.15, -0.1) is 0 Å². The van der Waals surface area contributed by atoms with Crippen molar-refractivity contribution in [3.05, 3.63) is 19.1 Å². The minimum Gasteiger partial charge on any atom is -0.362 e. The average Bonchev–Trinajstić information content (AvgIpc) is 2.71. The fourth-order valence-corrected chi connectivity index (χ4v) is 1.94. The molecule has 0 bridgehead atoms. The number of carbonyl (C=O) groups is 1. The van der Waals surface area contributed by atoms with Crippen LogP contribution in [-0.2, 0) is 9.53 Å². The standard InChI is InChI=1S/C11H17NO2.CH3/c1-11(7-14-11)10(13)9(12)6-8-4-2-3-5-8;/h4,9H,2-3,5-7,12H2,1H3;1H3/q;-1/t9-,11+;/m0./s1. The lowest BCUT2D eigenvalue weighted by molar-refractivity contribution is -0.124. The molecule has 0 spiro atoms. The first kappa shape index (κ1) is 12.4. The molecule has 0 aromatic carbocycles. The monoisotopic (exact) mass is 210 g/mol. The number of epoxide rings is 1. The molecule has 2 atom stereocenters. The summed E-state index contributed by atoms with van der Waals surface area (Å²) in [6.45, 7) is 2.36. The van der Waals surface area contributed by atoms with E-state index in [9.17, 15) is 4.79 Å². The molecule has 0 amide bonds. The number of carbonyl (C=O) groups excluding carboxylic acids is 1. The van der Waals surface area contributed by atoms with Gasteiger partial charge in [0, 0.05) is 0 Å². The van der Waals surface area contributed by atoms with Crippen molar-refractivity contribution < 1.29 is 9.53 Å². The molecular formula is C12H20NO2-. The molecule has 3 nitrogen and oxygen atoms in total. The number of allylic oxidation sites excluding steroid dienone is 1. The van der Waals surface area contributed by atoms with Gasteiger partial charge in [-0.1, -0.05) is 11.6 Å². The van der Waals surface area contributed by atoms with E-state index in [-0.39, 0.29) is 19.3 Å². The van der Waals surface area contributed by atoms with Crippen LogP contribution in [0.2, 0.25) is 0 Å². The molecule has 1 fully saturated rings. The van der Waals surface area contributed by atoms with E-state index >= 15 is 0 Å². The number of hydrogen-bond donors (Lipinski definition) is 1. The highest BCUT2D eigenvalue weighted by Gasteiger charge is 2.48. The molecule has 2 aliphatic rings. The Labute approximate surface area is 91.7 Å². The molecule has 2 N–H and O–H groups in total.